The third kappa shape index (κ3) is 4.03. The highest BCUT2D eigenvalue weighted by Gasteiger charge is 2.53. The first-order chi connectivity index (χ1) is 9.79. The van der Waals surface area contributed by atoms with Crippen LogP contribution in [0.3, 0.4) is 0 Å². The maximum atomic E-state index is 13.0. The van der Waals surface area contributed by atoms with E-state index in [0.29, 0.717) is 13.0 Å². The monoisotopic (exact) mass is 326 g/mol. The number of carbonyl (C=O) groups is 2. The Hall–Kier alpha value is -0.960. The Kier molecular flexibility index (Phi) is 5.03. The van der Waals surface area contributed by atoms with Crippen molar-refractivity contribution in [3.8, 4) is 0 Å². The summed E-state index contributed by atoms with van der Waals surface area (Å²) in [6.45, 7) is 0.302. The van der Waals surface area contributed by atoms with Crippen LogP contribution in [0.5, 0.6) is 0 Å². The maximum absolute atomic E-state index is 13.0. The molecular weight excluding hydrogens is 309 g/mol. The first-order valence-corrected chi connectivity index (χ1v) is 7.68. The largest absolute Gasteiger partial charge is 0.481 e. The van der Waals surface area contributed by atoms with Crippen LogP contribution in [0.4, 0.5) is 13.2 Å². The SMILES string of the molecule is O=C(O)CCNC(=O)C1CC2NCCC(C(F)(F)F)C2S1. The first kappa shape index (κ1) is 16.4. The molecule has 0 spiro atoms. The summed E-state index contributed by atoms with van der Waals surface area (Å²) in [7, 11) is 0. The van der Waals surface area contributed by atoms with Crippen molar-refractivity contribution >= 4 is 23.6 Å². The van der Waals surface area contributed by atoms with Crippen LogP contribution in [0.1, 0.15) is 19.3 Å². The van der Waals surface area contributed by atoms with Crippen LogP contribution in [0.25, 0.3) is 0 Å². The van der Waals surface area contributed by atoms with Gasteiger partial charge in [-0.1, -0.05) is 0 Å². The Morgan fingerprint density at radius 1 is 1.38 bits per heavy atom. The summed E-state index contributed by atoms with van der Waals surface area (Å²) in [6, 6.07) is -0.314. The Bertz CT molecular complexity index is 419. The lowest BCUT2D eigenvalue weighted by Gasteiger charge is -2.34. The van der Waals surface area contributed by atoms with E-state index in [0.717, 1.165) is 11.8 Å². The fraction of sp³-hybridized carbons (Fsp3) is 0.833. The zero-order chi connectivity index (χ0) is 15.6. The second kappa shape index (κ2) is 6.43. The zero-order valence-corrected chi connectivity index (χ0v) is 12.0. The minimum atomic E-state index is -4.24. The molecule has 5 nitrogen and oxygen atoms in total. The van der Waals surface area contributed by atoms with Gasteiger partial charge in [0.1, 0.15) is 0 Å². The Balaban J connectivity index is 1.91. The number of halogens is 3. The van der Waals surface area contributed by atoms with E-state index in [9.17, 15) is 22.8 Å². The van der Waals surface area contributed by atoms with Gasteiger partial charge < -0.3 is 15.7 Å². The van der Waals surface area contributed by atoms with Crippen molar-refractivity contribution in [2.45, 2.75) is 42.0 Å². The Morgan fingerprint density at radius 3 is 2.71 bits per heavy atom. The van der Waals surface area contributed by atoms with E-state index in [-0.39, 0.29) is 31.3 Å². The first-order valence-electron chi connectivity index (χ1n) is 6.74. The molecule has 9 heteroatoms. The molecule has 120 valence electrons. The molecule has 0 aliphatic carbocycles. The van der Waals surface area contributed by atoms with Crippen molar-refractivity contribution in [3.05, 3.63) is 0 Å². The molecule has 0 aromatic rings. The number of carboxylic acids is 1. The number of amides is 1. The van der Waals surface area contributed by atoms with Gasteiger partial charge in [0.05, 0.1) is 17.6 Å². The highest BCUT2D eigenvalue weighted by Crippen LogP contribution is 2.47. The van der Waals surface area contributed by atoms with Crippen LogP contribution in [0.2, 0.25) is 0 Å². The van der Waals surface area contributed by atoms with Gasteiger partial charge in [-0.25, -0.2) is 0 Å². The number of aliphatic carboxylic acids is 1. The minimum absolute atomic E-state index is 0.00329. The van der Waals surface area contributed by atoms with E-state index in [4.69, 9.17) is 5.11 Å². The van der Waals surface area contributed by atoms with Crippen LogP contribution < -0.4 is 10.6 Å². The molecule has 21 heavy (non-hydrogen) atoms. The molecule has 2 heterocycles. The van der Waals surface area contributed by atoms with Gasteiger partial charge in [-0.3, -0.25) is 9.59 Å². The molecule has 0 aromatic carbocycles. The van der Waals surface area contributed by atoms with Gasteiger partial charge >= 0.3 is 12.1 Å². The van der Waals surface area contributed by atoms with Gasteiger partial charge in [-0.05, 0) is 19.4 Å². The van der Waals surface area contributed by atoms with E-state index < -0.39 is 28.6 Å². The van der Waals surface area contributed by atoms with Gasteiger partial charge in [0.2, 0.25) is 5.91 Å². The number of piperidine rings is 1. The van der Waals surface area contributed by atoms with Gasteiger partial charge in [-0.2, -0.15) is 13.2 Å². The molecular formula is C12H17F3N2O3S. The third-order valence-corrected chi connectivity index (χ3v) is 5.50. The number of carbonyl (C=O) groups excluding carboxylic acids is 1. The van der Waals surface area contributed by atoms with E-state index in [2.05, 4.69) is 10.6 Å². The van der Waals surface area contributed by atoms with Crippen molar-refractivity contribution in [1.82, 2.24) is 10.6 Å². The summed E-state index contributed by atoms with van der Waals surface area (Å²) in [5.41, 5.74) is 0. The number of nitrogens with one attached hydrogen (secondary N) is 2. The number of carboxylic acid groups (broad SMARTS) is 1. The van der Waals surface area contributed by atoms with E-state index in [1.807, 2.05) is 0 Å². The van der Waals surface area contributed by atoms with E-state index in [1.165, 1.54) is 0 Å². The van der Waals surface area contributed by atoms with Crippen LogP contribution in [0, 0.1) is 5.92 Å². The molecule has 3 N–H and O–H groups in total. The van der Waals surface area contributed by atoms with Crippen molar-refractivity contribution in [1.29, 1.82) is 0 Å². The average Bonchev–Trinajstić information content (AvgIpc) is 2.80. The fourth-order valence-corrected chi connectivity index (χ4v) is 4.58. The summed E-state index contributed by atoms with van der Waals surface area (Å²) < 4.78 is 39.0. The van der Waals surface area contributed by atoms with Gasteiger partial charge in [0, 0.05) is 17.8 Å². The molecule has 0 saturated carbocycles. The van der Waals surface area contributed by atoms with Crippen LogP contribution in [-0.2, 0) is 9.59 Å². The molecule has 2 saturated heterocycles. The lowest BCUT2D eigenvalue weighted by atomic mass is 9.89. The second-order valence-corrected chi connectivity index (χ2v) is 6.64. The molecule has 2 aliphatic rings. The molecule has 2 aliphatic heterocycles. The Morgan fingerprint density at radius 2 is 2.10 bits per heavy atom. The molecule has 0 bridgehead atoms. The van der Waals surface area contributed by atoms with Gasteiger partial charge in [-0.15, -0.1) is 11.8 Å². The minimum Gasteiger partial charge on any atom is -0.481 e. The standard InChI is InChI=1S/C12H17F3N2O3S/c13-12(14,15)6-1-3-16-7-5-8(21-10(6)7)11(20)17-4-2-9(18)19/h6-8,10,16H,1-5H2,(H,17,20)(H,18,19). The smallest absolute Gasteiger partial charge is 0.392 e. The third-order valence-electron chi connectivity index (χ3n) is 3.80. The topological polar surface area (TPSA) is 78.4 Å². The number of fused-ring (bicyclic) bond motifs is 1. The van der Waals surface area contributed by atoms with E-state index in [1.54, 1.807) is 0 Å². The maximum Gasteiger partial charge on any atom is 0.392 e. The summed E-state index contributed by atoms with van der Waals surface area (Å²) in [6.07, 6.45) is -4.06. The quantitative estimate of drug-likeness (QED) is 0.718. The van der Waals surface area contributed by atoms with Crippen molar-refractivity contribution in [2.24, 2.45) is 5.92 Å². The van der Waals surface area contributed by atoms with Crippen LogP contribution >= 0.6 is 11.8 Å². The molecule has 0 radical (unpaired) electrons. The lowest BCUT2D eigenvalue weighted by molar-refractivity contribution is -0.180. The summed E-state index contributed by atoms with van der Waals surface area (Å²) in [5, 5.41) is 12.8. The second-order valence-electron chi connectivity index (χ2n) is 5.26. The number of thioether (sulfide) groups is 1. The number of hydrogen-bond donors (Lipinski definition) is 3. The molecule has 4 unspecified atom stereocenters. The number of alkyl halides is 3. The van der Waals surface area contributed by atoms with Crippen LogP contribution in [-0.4, -0.2) is 52.8 Å². The molecule has 1 amide bonds. The summed E-state index contributed by atoms with van der Waals surface area (Å²) in [5.74, 6) is -2.79. The summed E-state index contributed by atoms with van der Waals surface area (Å²) >= 11 is 1.05. The molecule has 0 aromatic heterocycles. The van der Waals surface area contributed by atoms with Crippen molar-refractivity contribution < 1.29 is 27.9 Å². The fourth-order valence-electron chi connectivity index (χ4n) is 2.79. The van der Waals surface area contributed by atoms with Gasteiger partial charge in [0.25, 0.3) is 0 Å². The Labute approximate surface area is 124 Å². The van der Waals surface area contributed by atoms with E-state index >= 15 is 0 Å². The molecule has 2 fully saturated rings. The van der Waals surface area contributed by atoms with Crippen LogP contribution in [0.15, 0.2) is 0 Å². The van der Waals surface area contributed by atoms with Crippen molar-refractivity contribution in [2.75, 3.05) is 13.1 Å². The highest BCUT2D eigenvalue weighted by molar-refractivity contribution is 8.01. The molecule has 4 atom stereocenters. The average molecular weight is 326 g/mol. The zero-order valence-electron chi connectivity index (χ0n) is 11.2. The summed E-state index contributed by atoms with van der Waals surface area (Å²) in [4.78, 5) is 22.3. The number of hydrogen-bond acceptors (Lipinski definition) is 4. The lowest BCUT2D eigenvalue weighted by Crippen LogP contribution is -2.50. The molecule has 2 rings (SSSR count). The van der Waals surface area contributed by atoms with Crippen molar-refractivity contribution in [3.63, 3.8) is 0 Å². The number of rotatable bonds is 4. The predicted octanol–water partition coefficient (Wildman–Crippen LogP) is 0.992. The normalized spacial score (nSPS) is 32.5. The predicted molar refractivity (Wildman–Crippen MR) is 71.0 cm³/mol. The highest BCUT2D eigenvalue weighted by atomic mass is 32.2. The van der Waals surface area contributed by atoms with Gasteiger partial charge in [0.15, 0.2) is 0 Å².